The Kier molecular flexibility index (Phi) is 6.00. The predicted molar refractivity (Wildman–Crippen MR) is 104 cm³/mol. The molecule has 0 bridgehead atoms. The second kappa shape index (κ2) is 8.43. The summed E-state index contributed by atoms with van der Waals surface area (Å²) >= 11 is 0. The summed E-state index contributed by atoms with van der Waals surface area (Å²) in [6, 6.07) is 9.29. The van der Waals surface area contributed by atoms with Crippen molar-refractivity contribution in [3.8, 4) is 6.07 Å². The fourth-order valence-corrected chi connectivity index (χ4v) is 4.56. The summed E-state index contributed by atoms with van der Waals surface area (Å²) in [5, 5.41) is 12.1. The number of nitriles is 1. The van der Waals surface area contributed by atoms with Crippen molar-refractivity contribution in [3.05, 3.63) is 29.8 Å². The van der Waals surface area contributed by atoms with Crippen LogP contribution in [-0.2, 0) is 9.59 Å². The van der Waals surface area contributed by atoms with Crippen molar-refractivity contribution in [1.29, 1.82) is 5.26 Å². The van der Waals surface area contributed by atoms with E-state index < -0.39 is 0 Å². The number of rotatable bonds is 6. The van der Waals surface area contributed by atoms with E-state index in [0.717, 1.165) is 50.8 Å². The summed E-state index contributed by atoms with van der Waals surface area (Å²) < 4.78 is 0. The van der Waals surface area contributed by atoms with Crippen molar-refractivity contribution in [2.75, 3.05) is 18.0 Å². The molecule has 1 aliphatic heterocycles. The van der Waals surface area contributed by atoms with E-state index in [9.17, 15) is 9.59 Å². The number of amides is 2. The minimum absolute atomic E-state index is 0.0197. The lowest BCUT2D eigenvalue weighted by molar-refractivity contribution is -0.125. The number of hydrogen-bond donors (Lipinski definition) is 2. The number of nitrogens with zero attached hydrogens (tertiary/aromatic N) is 2. The van der Waals surface area contributed by atoms with Gasteiger partial charge >= 0.3 is 0 Å². The number of nitrogens with two attached hydrogens (primary N) is 1. The lowest BCUT2D eigenvalue weighted by Crippen LogP contribution is -2.48. The molecule has 2 aliphatic rings. The van der Waals surface area contributed by atoms with Crippen molar-refractivity contribution in [1.82, 2.24) is 5.32 Å². The van der Waals surface area contributed by atoms with Crippen LogP contribution in [0.25, 0.3) is 0 Å². The Morgan fingerprint density at radius 2 is 1.89 bits per heavy atom. The van der Waals surface area contributed by atoms with Crippen LogP contribution in [0, 0.1) is 16.7 Å². The standard InChI is InChI=1S/C21H28N4O2/c22-14-16-6-8-17(9-7-16)25-12-4-5-18(25)20(27)24-15-21(13-19(23)26)10-2-1-3-11-21/h6-9,18H,1-5,10-13,15H2,(H2,23,26)(H,24,27). The fraction of sp³-hybridized carbons (Fsp3) is 0.571. The van der Waals surface area contributed by atoms with Gasteiger partial charge in [-0.3, -0.25) is 9.59 Å². The van der Waals surface area contributed by atoms with Crippen molar-refractivity contribution >= 4 is 17.5 Å². The summed E-state index contributed by atoms with van der Waals surface area (Å²) in [7, 11) is 0. The first kappa shape index (κ1) is 19.2. The van der Waals surface area contributed by atoms with Crippen LogP contribution in [0.5, 0.6) is 0 Å². The Hall–Kier alpha value is -2.55. The highest BCUT2D eigenvalue weighted by Crippen LogP contribution is 2.38. The van der Waals surface area contributed by atoms with Gasteiger partial charge in [0.05, 0.1) is 11.6 Å². The van der Waals surface area contributed by atoms with Crippen LogP contribution in [0.2, 0.25) is 0 Å². The Bertz CT molecular complexity index is 717. The third kappa shape index (κ3) is 4.60. The maximum absolute atomic E-state index is 12.9. The van der Waals surface area contributed by atoms with E-state index in [0.29, 0.717) is 18.5 Å². The van der Waals surface area contributed by atoms with Gasteiger partial charge in [0, 0.05) is 25.2 Å². The molecule has 3 rings (SSSR count). The SMILES string of the molecule is N#Cc1ccc(N2CCCC2C(=O)NCC2(CC(N)=O)CCCCC2)cc1. The van der Waals surface area contributed by atoms with Crippen molar-refractivity contribution in [2.24, 2.45) is 11.1 Å². The molecule has 144 valence electrons. The summed E-state index contributed by atoms with van der Waals surface area (Å²) in [4.78, 5) is 26.6. The van der Waals surface area contributed by atoms with E-state index in [1.54, 1.807) is 12.1 Å². The zero-order valence-corrected chi connectivity index (χ0v) is 15.7. The van der Waals surface area contributed by atoms with Crippen molar-refractivity contribution < 1.29 is 9.59 Å². The Morgan fingerprint density at radius 1 is 1.19 bits per heavy atom. The average Bonchev–Trinajstić information content (AvgIpc) is 3.16. The molecule has 1 aliphatic carbocycles. The molecule has 1 saturated heterocycles. The van der Waals surface area contributed by atoms with Gasteiger partial charge in [0.15, 0.2) is 0 Å². The summed E-state index contributed by atoms with van der Waals surface area (Å²) in [6.45, 7) is 1.35. The highest BCUT2D eigenvalue weighted by Gasteiger charge is 2.36. The highest BCUT2D eigenvalue weighted by atomic mass is 16.2. The van der Waals surface area contributed by atoms with Gasteiger partial charge < -0.3 is 16.0 Å². The lowest BCUT2D eigenvalue weighted by Gasteiger charge is -2.37. The largest absolute Gasteiger partial charge is 0.370 e. The smallest absolute Gasteiger partial charge is 0.242 e. The molecule has 1 heterocycles. The number of benzene rings is 1. The summed E-state index contributed by atoms with van der Waals surface area (Å²) in [6.07, 6.45) is 7.37. The van der Waals surface area contributed by atoms with Gasteiger partial charge in [0.1, 0.15) is 6.04 Å². The Labute approximate surface area is 160 Å². The van der Waals surface area contributed by atoms with E-state index in [4.69, 9.17) is 11.0 Å². The molecule has 2 fully saturated rings. The van der Waals surface area contributed by atoms with Gasteiger partial charge in [-0.05, 0) is 55.4 Å². The molecule has 0 radical (unpaired) electrons. The van der Waals surface area contributed by atoms with E-state index in [1.165, 1.54) is 6.42 Å². The lowest BCUT2D eigenvalue weighted by atomic mass is 9.71. The van der Waals surface area contributed by atoms with Crippen molar-refractivity contribution in [2.45, 2.75) is 57.4 Å². The molecule has 1 saturated carbocycles. The summed E-state index contributed by atoms with van der Waals surface area (Å²) in [5.41, 5.74) is 6.88. The number of primary amides is 1. The van der Waals surface area contributed by atoms with E-state index >= 15 is 0 Å². The quantitative estimate of drug-likeness (QED) is 0.806. The van der Waals surface area contributed by atoms with E-state index in [1.807, 2.05) is 12.1 Å². The van der Waals surface area contributed by atoms with Crippen molar-refractivity contribution in [3.63, 3.8) is 0 Å². The molecule has 1 unspecified atom stereocenters. The topological polar surface area (TPSA) is 99.2 Å². The number of hydrogen-bond acceptors (Lipinski definition) is 4. The minimum atomic E-state index is -0.286. The fourth-order valence-electron chi connectivity index (χ4n) is 4.56. The van der Waals surface area contributed by atoms with Gasteiger partial charge in [-0.1, -0.05) is 19.3 Å². The molecule has 0 aromatic heterocycles. The number of carbonyl (C=O) groups is 2. The molecule has 1 aromatic rings. The van der Waals surface area contributed by atoms with Gasteiger partial charge in [-0.2, -0.15) is 5.26 Å². The Balaban J connectivity index is 1.65. The normalized spacial score (nSPS) is 21.4. The first-order valence-corrected chi connectivity index (χ1v) is 9.86. The Morgan fingerprint density at radius 3 is 2.52 bits per heavy atom. The van der Waals surface area contributed by atoms with Gasteiger partial charge in [0.25, 0.3) is 0 Å². The maximum atomic E-state index is 12.9. The molecule has 1 aromatic carbocycles. The van der Waals surface area contributed by atoms with Crippen LogP contribution in [0.1, 0.15) is 56.9 Å². The molecule has 2 amide bonds. The number of nitrogens with one attached hydrogen (secondary N) is 1. The van der Waals surface area contributed by atoms with Gasteiger partial charge in [-0.15, -0.1) is 0 Å². The maximum Gasteiger partial charge on any atom is 0.242 e. The number of anilines is 1. The summed E-state index contributed by atoms with van der Waals surface area (Å²) in [5.74, 6) is -0.266. The van der Waals surface area contributed by atoms with Gasteiger partial charge in [-0.25, -0.2) is 0 Å². The first-order valence-electron chi connectivity index (χ1n) is 9.86. The van der Waals surface area contributed by atoms with Crippen LogP contribution < -0.4 is 16.0 Å². The zero-order valence-electron chi connectivity index (χ0n) is 15.7. The molecule has 6 heteroatoms. The van der Waals surface area contributed by atoms with E-state index in [2.05, 4.69) is 16.3 Å². The third-order valence-corrected chi connectivity index (χ3v) is 5.98. The highest BCUT2D eigenvalue weighted by molar-refractivity contribution is 5.86. The molecule has 1 atom stereocenters. The van der Waals surface area contributed by atoms with E-state index in [-0.39, 0.29) is 23.3 Å². The van der Waals surface area contributed by atoms with Gasteiger partial charge in [0.2, 0.25) is 11.8 Å². The zero-order chi connectivity index (χ0) is 19.3. The molecule has 27 heavy (non-hydrogen) atoms. The second-order valence-electron chi connectivity index (χ2n) is 7.93. The van der Waals surface area contributed by atoms with Crippen LogP contribution in [0.4, 0.5) is 5.69 Å². The van der Waals surface area contributed by atoms with Crippen LogP contribution in [-0.4, -0.2) is 30.9 Å². The third-order valence-electron chi connectivity index (χ3n) is 5.98. The molecule has 6 nitrogen and oxygen atoms in total. The number of carbonyl (C=O) groups excluding carboxylic acids is 2. The molecular formula is C21H28N4O2. The predicted octanol–water partition coefficient (Wildman–Crippen LogP) is 2.47. The minimum Gasteiger partial charge on any atom is -0.370 e. The monoisotopic (exact) mass is 368 g/mol. The molecule has 3 N–H and O–H groups in total. The van der Waals surface area contributed by atoms with Crippen LogP contribution in [0.3, 0.4) is 0 Å². The average molecular weight is 368 g/mol. The first-order chi connectivity index (χ1) is 13.0. The van der Waals surface area contributed by atoms with Crippen LogP contribution in [0.15, 0.2) is 24.3 Å². The van der Waals surface area contributed by atoms with Crippen LogP contribution >= 0.6 is 0 Å². The molecule has 0 spiro atoms. The molecular weight excluding hydrogens is 340 g/mol. The second-order valence-corrected chi connectivity index (χ2v) is 7.93.